The fourth-order valence-electron chi connectivity index (χ4n) is 1.91. The number of carbonyl (C=O) groups is 1. The molecule has 4 nitrogen and oxygen atoms in total. The number of hydrogen-bond acceptors (Lipinski definition) is 4. The molecule has 0 aromatic rings. The number of ether oxygens (including phenoxy) is 3. The average molecular weight is 302 g/mol. The minimum absolute atomic E-state index is 0.169. The van der Waals surface area contributed by atoms with Gasteiger partial charge in [0.25, 0.3) is 0 Å². The van der Waals surface area contributed by atoms with Crippen LogP contribution in [0.3, 0.4) is 0 Å². The van der Waals surface area contributed by atoms with Crippen molar-refractivity contribution in [2.75, 3.05) is 26.4 Å². The largest absolute Gasteiger partial charge is 0.466 e. The first-order chi connectivity index (χ1) is 10.2. The zero-order valence-corrected chi connectivity index (χ0v) is 14.2. The molecule has 126 valence electrons. The molecule has 1 atom stereocenters. The highest BCUT2D eigenvalue weighted by Gasteiger charge is 2.00. The van der Waals surface area contributed by atoms with E-state index >= 15 is 0 Å². The van der Waals surface area contributed by atoms with Gasteiger partial charge in [0.1, 0.15) is 0 Å². The summed E-state index contributed by atoms with van der Waals surface area (Å²) in [6.07, 6.45) is 9.08. The molecule has 0 aliphatic carbocycles. The summed E-state index contributed by atoms with van der Waals surface area (Å²) in [4.78, 5) is 11.1. The van der Waals surface area contributed by atoms with Crippen LogP contribution >= 0.6 is 0 Å². The van der Waals surface area contributed by atoms with E-state index in [9.17, 15) is 4.79 Å². The Morgan fingerprint density at radius 1 is 0.905 bits per heavy atom. The Morgan fingerprint density at radius 2 is 1.52 bits per heavy atom. The fourth-order valence-corrected chi connectivity index (χ4v) is 1.91. The number of rotatable bonds is 15. The minimum atomic E-state index is -0.169. The van der Waals surface area contributed by atoms with Crippen molar-refractivity contribution < 1.29 is 19.0 Å². The lowest BCUT2D eigenvalue weighted by molar-refractivity contribution is -0.144. The maximum absolute atomic E-state index is 11.1. The molecule has 21 heavy (non-hydrogen) atoms. The van der Waals surface area contributed by atoms with Gasteiger partial charge in [-0.3, -0.25) is 4.79 Å². The molecule has 0 bridgehead atoms. The van der Waals surface area contributed by atoms with Crippen LogP contribution in [0.2, 0.25) is 0 Å². The zero-order chi connectivity index (χ0) is 15.8. The Hall–Kier alpha value is -0.610. The molecule has 0 fully saturated rings. The van der Waals surface area contributed by atoms with Crippen molar-refractivity contribution >= 4 is 5.97 Å². The average Bonchev–Trinajstić information content (AvgIpc) is 2.48. The van der Waals surface area contributed by atoms with Crippen LogP contribution in [0.1, 0.15) is 72.1 Å². The van der Waals surface area contributed by atoms with Crippen LogP contribution in [0.25, 0.3) is 0 Å². The van der Waals surface area contributed by atoms with Crippen LogP contribution in [-0.4, -0.2) is 38.5 Å². The van der Waals surface area contributed by atoms with Crippen molar-refractivity contribution in [2.45, 2.75) is 78.2 Å². The molecule has 0 radical (unpaired) electrons. The maximum Gasteiger partial charge on any atom is 0.308 e. The molecule has 0 saturated carbocycles. The van der Waals surface area contributed by atoms with Crippen molar-refractivity contribution in [1.29, 1.82) is 0 Å². The molecule has 0 rings (SSSR count). The predicted molar refractivity (Wildman–Crippen MR) is 85.5 cm³/mol. The maximum atomic E-state index is 11.1. The normalized spacial score (nSPS) is 12.3. The van der Waals surface area contributed by atoms with Crippen molar-refractivity contribution in [1.82, 2.24) is 0 Å². The Labute approximate surface area is 130 Å². The summed E-state index contributed by atoms with van der Waals surface area (Å²) in [6, 6.07) is 0. The van der Waals surface area contributed by atoms with Crippen LogP contribution in [0, 0.1) is 0 Å². The lowest BCUT2D eigenvalue weighted by Gasteiger charge is -2.09. The van der Waals surface area contributed by atoms with Gasteiger partial charge in [-0.25, -0.2) is 0 Å². The summed E-state index contributed by atoms with van der Waals surface area (Å²) in [7, 11) is 0. The van der Waals surface area contributed by atoms with Crippen molar-refractivity contribution in [3.05, 3.63) is 0 Å². The first kappa shape index (κ1) is 20.4. The van der Waals surface area contributed by atoms with Gasteiger partial charge in [-0.1, -0.05) is 32.6 Å². The van der Waals surface area contributed by atoms with Gasteiger partial charge in [0.15, 0.2) is 0 Å². The van der Waals surface area contributed by atoms with Crippen LogP contribution < -0.4 is 0 Å². The second-order valence-corrected chi connectivity index (χ2v) is 5.38. The van der Waals surface area contributed by atoms with Gasteiger partial charge in [0.2, 0.25) is 0 Å². The van der Waals surface area contributed by atoms with Crippen molar-refractivity contribution in [2.24, 2.45) is 0 Å². The van der Waals surface area contributed by atoms with Gasteiger partial charge in [0, 0.05) is 13.2 Å². The van der Waals surface area contributed by atoms with E-state index in [4.69, 9.17) is 14.2 Å². The van der Waals surface area contributed by atoms with Gasteiger partial charge in [-0.2, -0.15) is 0 Å². The van der Waals surface area contributed by atoms with Gasteiger partial charge in [-0.15, -0.1) is 0 Å². The highest BCUT2D eigenvalue weighted by atomic mass is 16.5. The highest BCUT2D eigenvalue weighted by molar-refractivity contribution is 5.69. The monoisotopic (exact) mass is 302 g/mol. The summed E-state index contributed by atoms with van der Waals surface area (Å²) >= 11 is 0. The third-order valence-electron chi connectivity index (χ3n) is 3.42. The van der Waals surface area contributed by atoms with Crippen LogP contribution in [0.15, 0.2) is 0 Å². The Balaban J connectivity index is 3.07. The molecule has 0 saturated heterocycles. The van der Waals surface area contributed by atoms with E-state index < -0.39 is 0 Å². The van der Waals surface area contributed by atoms with Gasteiger partial charge in [-0.05, 0) is 33.1 Å². The molecule has 0 spiro atoms. The summed E-state index contributed by atoms with van der Waals surface area (Å²) in [6.45, 7) is 8.66. The number of unbranched alkanes of at least 4 members (excludes halogenated alkanes) is 5. The van der Waals surface area contributed by atoms with Gasteiger partial charge < -0.3 is 14.2 Å². The Bertz CT molecular complexity index is 231. The fraction of sp³-hybridized carbons (Fsp3) is 0.941. The third kappa shape index (κ3) is 15.6. The second-order valence-electron chi connectivity index (χ2n) is 5.38. The van der Waals surface area contributed by atoms with E-state index in [2.05, 4.69) is 13.8 Å². The summed E-state index contributed by atoms with van der Waals surface area (Å²) in [5.74, 6) is -0.169. The van der Waals surface area contributed by atoms with Crippen LogP contribution in [0.5, 0.6) is 0 Å². The summed E-state index contributed by atoms with van der Waals surface area (Å²) < 4.78 is 15.9. The molecule has 4 heteroatoms. The Kier molecular flexibility index (Phi) is 15.3. The minimum Gasteiger partial charge on any atom is -0.466 e. The molecule has 0 aliphatic rings. The number of hydrogen-bond donors (Lipinski definition) is 0. The zero-order valence-electron chi connectivity index (χ0n) is 14.2. The van der Waals surface area contributed by atoms with Crippen molar-refractivity contribution in [3.63, 3.8) is 0 Å². The lowest BCUT2D eigenvalue weighted by atomic mass is 10.1. The van der Waals surface area contributed by atoms with E-state index in [1.54, 1.807) is 0 Å². The quantitative estimate of drug-likeness (QED) is 0.337. The van der Waals surface area contributed by atoms with E-state index in [1.807, 2.05) is 6.92 Å². The summed E-state index contributed by atoms with van der Waals surface area (Å²) in [5.41, 5.74) is 0. The highest BCUT2D eigenvalue weighted by Crippen LogP contribution is 2.07. The topological polar surface area (TPSA) is 44.8 Å². The summed E-state index contributed by atoms with van der Waals surface area (Å²) in [5, 5.41) is 0. The molecular formula is C17H34O4. The molecule has 0 aliphatic heterocycles. The molecule has 0 aromatic carbocycles. The smallest absolute Gasteiger partial charge is 0.308 e. The molecule has 0 aromatic heterocycles. The molecular weight excluding hydrogens is 268 g/mol. The van der Waals surface area contributed by atoms with Gasteiger partial charge in [0.05, 0.1) is 25.7 Å². The Morgan fingerprint density at radius 3 is 2.14 bits per heavy atom. The lowest BCUT2D eigenvalue weighted by Crippen LogP contribution is -2.08. The second kappa shape index (κ2) is 15.8. The van der Waals surface area contributed by atoms with E-state index in [0.29, 0.717) is 25.7 Å². The predicted octanol–water partition coefficient (Wildman–Crippen LogP) is 4.11. The number of esters is 1. The molecule has 0 heterocycles. The molecule has 1 unspecified atom stereocenters. The first-order valence-corrected chi connectivity index (χ1v) is 8.55. The van der Waals surface area contributed by atoms with E-state index in [-0.39, 0.29) is 5.97 Å². The standard InChI is InChI=1S/C17H34O4/c1-4-16(3)21-14-11-9-7-6-8-10-13-19-15-12-17(18)20-5-2/h16H,4-15H2,1-3H3. The van der Waals surface area contributed by atoms with Crippen molar-refractivity contribution in [3.8, 4) is 0 Å². The van der Waals surface area contributed by atoms with E-state index in [1.165, 1.54) is 32.1 Å². The number of carbonyl (C=O) groups excluding carboxylic acids is 1. The molecule has 0 amide bonds. The van der Waals surface area contributed by atoms with Crippen LogP contribution in [0.4, 0.5) is 0 Å². The van der Waals surface area contributed by atoms with Crippen LogP contribution in [-0.2, 0) is 19.0 Å². The molecule has 0 N–H and O–H groups in total. The third-order valence-corrected chi connectivity index (χ3v) is 3.42. The van der Waals surface area contributed by atoms with Gasteiger partial charge >= 0.3 is 5.97 Å². The van der Waals surface area contributed by atoms with E-state index in [0.717, 1.165) is 26.1 Å². The SMILES string of the molecule is CCOC(=O)CCOCCCCCCCCOC(C)CC. The first-order valence-electron chi connectivity index (χ1n) is 8.55.